The third-order valence-corrected chi connectivity index (χ3v) is 6.83. The van der Waals surface area contributed by atoms with Gasteiger partial charge in [0.1, 0.15) is 5.01 Å². The van der Waals surface area contributed by atoms with Crippen LogP contribution in [0.3, 0.4) is 0 Å². The summed E-state index contributed by atoms with van der Waals surface area (Å²) in [6, 6.07) is 22.4. The van der Waals surface area contributed by atoms with Gasteiger partial charge in [0.25, 0.3) is 0 Å². The van der Waals surface area contributed by atoms with Crippen molar-refractivity contribution in [3.8, 4) is 21.8 Å². The number of thiazole rings is 1. The number of nitrogens with zero attached hydrogens (tertiary/aromatic N) is 3. The second-order valence-electron chi connectivity index (χ2n) is 7.66. The summed E-state index contributed by atoms with van der Waals surface area (Å²) in [5, 5.41) is 14.9. The van der Waals surface area contributed by atoms with Crippen LogP contribution in [-0.4, -0.2) is 20.7 Å². The molecule has 1 amide bonds. The van der Waals surface area contributed by atoms with Crippen LogP contribution in [0.4, 0.5) is 0 Å². The van der Waals surface area contributed by atoms with E-state index in [4.69, 9.17) is 5.10 Å². The number of carbonyl (C=O) groups excluding carboxylic acids is 1. The molecule has 5 rings (SSSR count). The molecule has 0 aliphatic rings. The molecule has 33 heavy (non-hydrogen) atoms. The molecule has 0 atom stereocenters. The third kappa shape index (κ3) is 5.27. The fourth-order valence-corrected chi connectivity index (χ4v) is 5.14. The predicted molar refractivity (Wildman–Crippen MR) is 134 cm³/mol. The van der Waals surface area contributed by atoms with Crippen LogP contribution in [0.1, 0.15) is 16.8 Å². The maximum absolute atomic E-state index is 12.7. The van der Waals surface area contributed by atoms with Gasteiger partial charge in [-0.2, -0.15) is 16.4 Å². The summed E-state index contributed by atoms with van der Waals surface area (Å²) in [6.45, 7) is 1.10. The summed E-state index contributed by atoms with van der Waals surface area (Å²) in [6.07, 6.45) is 2.28. The number of carbonyl (C=O) groups is 1. The highest BCUT2D eigenvalue weighted by Gasteiger charge is 2.14. The van der Waals surface area contributed by atoms with E-state index in [2.05, 4.69) is 27.8 Å². The van der Waals surface area contributed by atoms with Crippen LogP contribution in [0.15, 0.2) is 89.1 Å². The highest BCUT2D eigenvalue weighted by Crippen LogP contribution is 2.26. The molecule has 0 saturated heterocycles. The Hall–Kier alpha value is -3.55. The van der Waals surface area contributed by atoms with Gasteiger partial charge in [0.2, 0.25) is 5.91 Å². The molecule has 0 saturated carbocycles. The van der Waals surface area contributed by atoms with Crippen LogP contribution in [0.25, 0.3) is 21.8 Å². The van der Waals surface area contributed by atoms with Crippen molar-refractivity contribution in [3.63, 3.8) is 0 Å². The van der Waals surface area contributed by atoms with Crippen LogP contribution in [0.2, 0.25) is 0 Å². The Bertz CT molecular complexity index is 1330. The van der Waals surface area contributed by atoms with Gasteiger partial charge in [0.05, 0.1) is 24.4 Å². The molecule has 0 aliphatic carbocycles. The molecule has 0 aliphatic heterocycles. The zero-order chi connectivity index (χ0) is 22.5. The summed E-state index contributed by atoms with van der Waals surface area (Å²) < 4.78 is 1.94. The minimum atomic E-state index is -0.0491. The van der Waals surface area contributed by atoms with E-state index in [0.717, 1.165) is 33.1 Å². The van der Waals surface area contributed by atoms with E-state index in [1.54, 1.807) is 22.7 Å². The van der Waals surface area contributed by atoms with Gasteiger partial charge < -0.3 is 5.32 Å². The van der Waals surface area contributed by atoms with Crippen molar-refractivity contribution in [2.75, 3.05) is 0 Å². The van der Waals surface area contributed by atoms with E-state index in [-0.39, 0.29) is 12.3 Å². The molecule has 0 fully saturated rings. The Balaban J connectivity index is 1.29. The lowest BCUT2D eigenvalue weighted by molar-refractivity contribution is -0.120. The van der Waals surface area contributed by atoms with Crippen molar-refractivity contribution in [1.82, 2.24) is 20.1 Å². The topological polar surface area (TPSA) is 59.8 Å². The summed E-state index contributed by atoms with van der Waals surface area (Å²) in [4.78, 5) is 17.3. The molecular formula is C26H22N4OS2. The van der Waals surface area contributed by atoms with Crippen molar-refractivity contribution >= 4 is 28.6 Å². The minimum Gasteiger partial charge on any atom is -0.352 e. The summed E-state index contributed by atoms with van der Waals surface area (Å²) in [7, 11) is 0. The van der Waals surface area contributed by atoms with Crippen LogP contribution >= 0.6 is 22.7 Å². The number of thiophene rings is 1. The Morgan fingerprint density at radius 2 is 1.73 bits per heavy atom. The van der Waals surface area contributed by atoms with Crippen molar-refractivity contribution in [3.05, 3.63) is 106 Å². The molecule has 2 aromatic carbocycles. The van der Waals surface area contributed by atoms with Gasteiger partial charge in [0.15, 0.2) is 0 Å². The Morgan fingerprint density at radius 1 is 0.939 bits per heavy atom. The maximum atomic E-state index is 12.7. The predicted octanol–water partition coefficient (Wildman–Crippen LogP) is 5.64. The van der Waals surface area contributed by atoms with Gasteiger partial charge in [-0.3, -0.25) is 9.48 Å². The molecular weight excluding hydrogens is 448 g/mol. The lowest BCUT2D eigenvalue weighted by Crippen LogP contribution is -2.24. The van der Waals surface area contributed by atoms with Crippen LogP contribution in [-0.2, 0) is 24.3 Å². The quantitative estimate of drug-likeness (QED) is 0.319. The first kappa shape index (κ1) is 21.3. The number of amides is 1. The lowest BCUT2D eigenvalue weighted by atomic mass is 10.1. The van der Waals surface area contributed by atoms with Gasteiger partial charge in [-0.15, -0.1) is 11.3 Å². The van der Waals surface area contributed by atoms with Gasteiger partial charge in [-0.1, -0.05) is 60.7 Å². The molecule has 164 valence electrons. The molecule has 5 aromatic rings. The van der Waals surface area contributed by atoms with Crippen LogP contribution in [0, 0.1) is 0 Å². The highest BCUT2D eigenvalue weighted by atomic mass is 32.1. The summed E-state index contributed by atoms with van der Waals surface area (Å²) in [5.74, 6) is -0.0491. The third-order valence-electron chi connectivity index (χ3n) is 5.21. The summed E-state index contributed by atoms with van der Waals surface area (Å²) in [5.41, 5.74) is 5.99. The first-order valence-electron chi connectivity index (χ1n) is 10.6. The zero-order valence-electron chi connectivity index (χ0n) is 17.8. The number of rotatable bonds is 8. The van der Waals surface area contributed by atoms with Gasteiger partial charge in [-0.25, -0.2) is 4.98 Å². The van der Waals surface area contributed by atoms with Gasteiger partial charge in [-0.05, 0) is 17.0 Å². The second kappa shape index (κ2) is 9.94. The molecule has 0 unspecified atom stereocenters. The molecule has 0 spiro atoms. The fourth-order valence-electron chi connectivity index (χ4n) is 3.61. The van der Waals surface area contributed by atoms with E-state index in [1.165, 1.54) is 5.56 Å². The van der Waals surface area contributed by atoms with Crippen LogP contribution in [0.5, 0.6) is 0 Å². The van der Waals surface area contributed by atoms with E-state index in [9.17, 15) is 4.79 Å². The highest BCUT2D eigenvalue weighted by molar-refractivity contribution is 7.14. The molecule has 0 bridgehead atoms. The second-order valence-corrected chi connectivity index (χ2v) is 9.30. The van der Waals surface area contributed by atoms with E-state index in [1.807, 2.05) is 76.2 Å². The summed E-state index contributed by atoms with van der Waals surface area (Å²) >= 11 is 3.21. The fraction of sp³-hybridized carbons (Fsp3) is 0.115. The molecule has 3 aromatic heterocycles. The number of aromatic nitrogens is 3. The Labute approximate surface area is 200 Å². The average Bonchev–Trinajstić information content (AvgIpc) is 3.60. The van der Waals surface area contributed by atoms with E-state index >= 15 is 0 Å². The lowest BCUT2D eigenvalue weighted by Gasteiger charge is -2.05. The number of hydrogen-bond acceptors (Lipinski definition) is 5. The maximum Gasteiger partial charge on any atom is 0.226 e. The SMILES string of the molecule is O=C(Cc1csc(-c2ccsc2)n1)NCc1cn(Cc2ccccc2)nc1-c1ccccc1. The van der Waals surface area contributed by atoms with E-state index < -0.39 is 0 Å². The first-order chi connectivity index (χ1) is 16.2. The standard InChI is InChI=1S/C26H22N4OS2/c31-24(13-23-18-33-26(28-23)21-11-12-32-17-21)27-14-22-16-30(15-19-7-3-1-4-8-19)29-25(22)20-9-5-2-6-10-20/h1-12,16-18H,13-15H2,(H,27,31). The molecule has 1 N–H and O–H groups in total. The Morgan fingerprint density at radius 3 is 2.48 bits per heavy atom. The van der Waals surface area contributed by atoms with Crippen molar-refractivity contribution < 1.29 is 4.79 Å². The van der Waals surface area contributed by atoms with Crippen molar-refractivity contribution in [2.45, 2.75) is 19.5 Å². The smallest absolute Gasteiger partial charge is 0.226 e. The Kier molecular flexibility index (Phi) is 6.41. The van der Waals surface area contributed by atoms with Crippen LogP contribution < -0.4 is 5.32 Å². The van der Waals surface area contributed by atoms with Crippen molar-refractivity contribution in [1.29, 1.82) is 0 Å². The van der Waals surface area contributed by atoms with Gasteiger partial charge in [0, 0.05) is 40.2 Å². The number of nitrogens with one attached hydrogen (secondary N) is 1. The average molecular weight is 471 g/mol. The van der Waals surface area contributed by atoms with E-state index in [0.29, 0.717) is 13.1 Å². The molecule has 3 heterocycles. The molecule has 0 radical (unpaired) electrons. The normalized spacial score (nSPS) is 10.9. The van der Waals surface area contributed by atoms with Crippen molar-refractivity contribution in [2.24, 2.45) is 0 Å². The number of hydrogen-bond donors (Lipinski definition) is 1. The first-order valence-corrected chi connectivity index (χ1v) is 12.5. The monoisotopic (exact) mass is 470 g/mol. The molecule has 7 heteroatoms. The minimum absolute atomic E-state index is 0.0491. The van der Waals surface area contributed by atoms with Gasteiger partial charge >= 0.3 is 0 Å². The number of benzene rings is 2. The largest absolute Gasteiger partial charge is 0.352 e. The zero-order valence-corrected chi connectivity index (χ0v) is 19.5. The molecule has 5 nitrogen and oxygen atoms in total.